The summed E-state index contributed by atoms with van der Waals surface area (Å²) in [6.07, 6.45) is 8.86. The monoisotopic (exact) mass is 598 g/mol. The molecule has 1 fully saturated rings. The van der Waals surface area contributed by atoms with E-state index in [-0.39, 0.29) is 5.78 Å². The predicted molar refractivity (Wildman–Crippen MR) is 185 cm³/mol. The van der Waals surface area contributed by atoms with E-state index < -0.39 is 0 Å². The van der Waals surface area contributed by atoms with Crippen LogP contribution in [-0.4, -0.2) is 57.3 Å². The molecule has 0 saturated carbocycles. The Bertz CT molecular complexity index is 1170. The molecule has 1 aliphatic rings. The first-order chi connectivity index (χ1) is 20.6. The summed E-state index contributed by atoms with van der Waals surface area (Å²) < 4.78 is 7.26. The molecule has 1 aliphatic heterocycles. The third-order valence-electron chi connectivity index (χ3n) is 6.56. The number of aryl methyl sites for hydroxylation is 3. The molecule has 1 N–H and O–H groups in total. The number of carbonyl (C=O) groups excluding carboxylic acids is 1. The second-order valence-corrected chi connectivity index (χ2v) is 10.4. The smallest absolute Gasteiger partial charge is 0.218 e. The number of hydrogen-bond acceptors (Lipinski definition) is 7. The first kappa shape index (κ1) is 40.0. The van der Waals surface area contributed by atoms with E-state index >= 15 is 0 Å². The van der Waals surface area contributed by atoms with Crippen molar-refractivity contribution in [3.8, 4) is 5.88 Å². The van der Waals surface area contributed by atoms with Crippen LogP contribution in [0.4, 0.5) is 5.69 Å². The number of nitrogens with zero attached hydrogens (tertiary/aromatic N) is 5. The third-order valence-corrected chi connectivity index (χ3v) is 6.56. The van der Waals surface area contributed by atoms with Gasteiger partial charge in [-0.3, -0.25) is 9.67 Å². The van der Waals surface area contributed by atoms with Crippen LogP contribution in [-0.2, 0) is 24.7 Å². The average molecular weight is 599 g/mol. The summed E-state index contributed by atoms with van der Waals surface area (Å²) in [4.78, 5) is 21.4. The van der Waals surface area contributed by atoms with Gasteiger partial charge in [0.15, 0.2) is 5.65 Å². The molecule has 4 heterocycles. The molecular formula is C35H62N6O2. The van der Waals surface area contributed by atoms with Gasteiger partial charge in [0, 0.05) is 73.4 Å². The molecule has 244 valence electrons. The van der Waals surface area contributed by atoms with Gasteiger partial charge in [-0.2, -0.15) is 10.1 Å². The van der Waals surface area contributed by atoms with Gasteiger partial charge in [-0.05, 0) is 71.6 Å². The highest BCUT2D eigenvalue weighted by molar-refractivity contribution is 5.76. The summed E-state index contributed by atoms with van der Waals surface area (Å²) in [5, 5.41) is 8.91. The van der Waals surface area contributed by atoms with Crippen LogP contribution in [0.2, 0.25) is 0 Å². The fourth-order valence-corrected chi connectivity index (χ4v) is 4.93. The van der Waals surface area contributed by atoms with Crippen LogP contribution in [0.5, 0.6) is 5.88 Å². The van der Waals surface area contributed by atoms with Crippen LogP contribution in [0.15, 0.2) is 24.5 Å². The number of fused-ring (bicyclic) bond motifs is 1. The third kappa shape index (κ3) is 13.9. The lowest BCUT2D eigenvalue weighted by Gasteiger charge is -2.38. The van der Waals surface area contributed by atoms with E-state index in [1.54, 1.807) is 11.6 Å². The molecule has 4 rings (SSSR count). The van der Waals surface area contributed by atoms with Crippen LogP contribution < -0.4 is 15.0 Å². The Morgan fingerprint density at radius 1 is 1.05 bits per heavy atom. The Morgan fingerprint density at radius 3 is 2.16 bits per heavy atom. The number of aromatic nitrogens is 4. The summed E-state index contributed by atoms with van der Waals surface area (Å²) >= 11 is 0. The van der Waals surface area contributed by atoms with Gasteiger partial charge in [-0.1, -0.05) is 54.9 Å². The highest BCUT2D eigenvalue weighted by Gasteiger charge is 2.23. The van der Waals surface area contributed by atoms with E-state index in [0.717, 1.165) is 55.4 Å². The van der Waals surface area contributed by atoms with Crippen molar-refractivity contribution in [2.75, 3.05) is 24.6 Å². The van der Waals surface area contributed by atoms with E-state index in [9.17, 15) is 4.79 Å². The Hall–Kier alpha value is -3.00. The summed E-state index contributed by atoms with van der Waals surface area (Å²) in [5.41, 5.74) is 5.90. The predicted octanol–water partition coefficient (Wildman–Crippen LogP) is 7.89. The van der Waals surface area contributed by atoms with Crippen LogP contribution >= 0.6 is 0 Å². The molecule has 0 amide bonds. The lowest BCUT2D eigenvalue weighted by atomic mass is 10.0. The Kier molecular flexibility index (Phi) is 21.0. The van der Waals surface area contributed by atoms with Gasteiger partial charge in [0.2, 0.25) is 5.88 Å². The molecule has 2 atom stereocenters. The second kappa shape index (κ2) is 22.5. The van der Waals surface area contributed by atoms with Crippen molar-refractivity contribution in [3.05, 3.63) is 41.3 Å². The SMILES string of the molecule is CC.CC.CCCC(C)=O.CCCc1c(N2CC(C)NC(C)C2)ccnc1C.CCOc1nc2nn(C)cc2cc1CC. The summed E-state index contributed by atoms with van der Waals surface area (Å²) in [6, 6.07) is 5.39. The van der Waals surface area contributed by atoms with Gasteiger partial charge in [0.05, 0.1) is 6.61 Å². The van der Waals surface area contributed by atoms with Crippen LogP contribution in [0, 0.1) is 6.92 Å². The molecule has 1 saturated heterocycles. The number of hydrogen-bond donors (Lipinski definition) is 1. The number of rotatable bonds is 8. The fourth-order valence-electron chi connectivity index (χ4n) is 4.93. The number of ether oxygens (including phenoxy) is 1. The number of carbonyl (C=O) groups is 1. The van der Waals surface area contributed by atoms with Crippen molar-refractivity contribution in [1.29, 1.82) is 0 Å². The van der Waals surface area contributed by atoms with Crippen LogP contribution in [0.25, 0.3) is 11.0 Å². The number of anilines is 1. The molecule has 3 aromatic heterocycles. The Labute approximate surface area is 263 Å². The average Bonchev–Trinajstić information content (AvgIpc) is 3.35. The van der Waals surface area contributed by atoms with Gasteiger partial charge in [-0.25, -0.2) is 0 Å². The summed E-state index contributed by atoms with van der Waals surface area (Å²) in [5.74, 6) is 1.00. The Balaban J connectivity index is 0.000000636. The highest BCUT2D eigenvalue weighted by Crippen LogP contribution is 2.26. The van der Waals surface area contributed by atoms with Crippen molar-refractivity contribution in [2.24, 2.45) is 7.05 Å². The molecule has 2 unspecified atom stereocenters. The van der Waals surface area contributed by atoms with E-state index in [1.165, 1.54) is 23.4 Å². The Morgan fingerprint density at radius 2 is 1.67 bits per heavy atom. The highest BCUT2D eigenvalue weighted by atomic mass is 16.5. The molecule has 8 heteroatoms. The van der Waals surface area contributed by atoms with Gasteiger partial charge in [0.25, 0.3) is 0 Å². The van der Waals surface area contributed by atoms with Crippen molar-refractivity contribution in [3.63, 3.8) is 0 Å². The summed E-state index contributed by atoms with van der Waals surface area (Å²) in [6.45, 7) is 27.4. The van der Waals surface area contributed by atoms with Gasteiger partial charge in [0.1, 0.15) is 5.78 Å². The quantitative estimate of drug-likeness (QED) is 0.282. The van der Waals surface area contributed by atoms with Gasteiger partial charge in [-0.15, -0.1) is 0 Å². The zero-order valence-corrected chi connectivity index (χ0v) is 29.7. The zero-order valence-electron chi connectivity index (χ0n) is 29.7. The molecule has 8 nitrogen and oxygen atoms in total. The maximum Gasteiger partial charge on any atom is 0.218 e. The van der Waals surface area contributed by atoms with E-state index in [4.69, 9.17) is 4.74 Å². The number of ketones is 1. The molecule has 0 bridgehead atoms. The number of Topliss-reactive ketones (excluding diaryl/α,β-unsaturated/α-hetero) is 1. The topological polar surface area (TPSA) is 85.2 Å². The van der Waals surface area contributed by atoms with Gasteiger partial charge < -0.3 is 19.7 Å². The minimum absolute atomic E-state index is 0.289. The van der Waals surface area contributed by atoms with Crippen molar-refractivity contribution < 1.29 is 9.53 Å². The minimum atomic E-state index is 0.289. The first-order valence-electron chi connectivity index (χ1n) is 16.5. The number of nitrogens with one attached hydrogen (secondary N) is 1. The van der Waals surface area contributed by atoms with E-state index in [1.807, 2.05) is 61.0 Å². The van der Waals surface area contributed by atoms with Crippen molar-refractivity contribution in [2.45, 2.75) is 127 Å². The molecule has 3 aromatic rings. The van der Waals surface area contributed by atoms with Crippen LogP contribution in [0.3, 0.4) is 0 Å². The molecule has 0 spiro atoms. The standard InChI is InChI=1S/C15H25N3.C11H15N3O.C5H10O.2C2H6/c1-5-6-14-13(4)16-8-7-15(14)18-9-11(2)17-12(3)10-18;1-4-8-6-9-7-14(3)13-10(9)12-11(8)15-5-2;1-3-4-5(2)6;2*1-2/h7-8,11-12,17H,5-6,9-10H2,1-4H3;6-7H,4-5H2,1-3H3;3-4H2,1-2H3;2*1-2H3. The summed E-state index contributed by atoms with van der Waals surface area (Å²) in [7, 11) is 1.90. The molecule has 43 heavy (non-hydrogen) atoms. The molecule has 0 radical (unpaired) electrons. The maximum atomic E-state index is 10.0. The van der Waals surface area contributed by atoms with E-state index in [2.05, 4.69) is 72.0 Å². The van der Waals surface area contributed by atoms with E-state index in [0.29, 0.717) is 24.6 Å². The maximum absolute atomic E-state index is 10.0. The van der Waals surface area contributed by atoms with Crippen molar-refractivity contribution >= 4 is 22.5 Å². The number of pyridine rings is 2. The van der Waals surface area contributed by atoms with Gasteiger partial charge >= 0.3 is 0 Å². The largest absolute Gasteiger partial charge is 0.478 e. The molecule has 0 aliphatic carbocycles. The van der Waals surface area contributed by atoms with Crippen molar-refractivity contribution in [1.82, 2.24) is 25.1 Å². The normalized spacial score (nSPS) is 15.4. The fraction of sp³-hybridized carbons (Fsp3) is 0.657. The molecule has 0 aromatic carbocycles. The van der Waals surface area contributed by atoms with Crippen LogP contribution in [0.1, 0.15) is 112 Å². The minimum Gasteiger partial charge on any atom is -0.478 e. The second-order valence-electron chi connectivity index (χ2n) is 10.4. The molecular weight excluding hydrogens is 536 g/mol. The zero-order chi connectivity index (χ0) is 32.9. The first-order valence-corrected chi connectivity index (χ1v) is 16.5. The lowest BCUT2D eigenvalue weighted by molar-refractivity contribution is -0.117. The number of piperazine rings is 1. The lowest BCUT2D eigenvalue weighted by Crippen LogP contribution is -2.54.